The van der Waals surface area contributed by atoms with Crippen molar-refractivity contribution in [1.82, 2.24) is 14.8 Å². The molecule has 6 heteroatoms. The van der Waals surface area contributed by atoms with Gasteiger partial charge in [0.2, 0.25) is 0 Å². The van der Waals surface area contributed by atoms with E-state index in [0.717, 1.165) is 45.1 Å². The van der Waals surface area contributed by atoms with Gasteiger partial charge in [0, 0.05) is 17.9 Å². The summed E-state index contributed by atoms with van der Waals surface area (Å²) in [4.78, 5) is 18.8. The molecular weight excluding hydrogens is 484 g/mol. The molecule has 0 amide bonds. The third-order valence-electron chi connectivity index (χ3n) is 13.2. The molecule has 7 atom stereocenters. The van der Waals surface area contributed by atoms with Crippen molar-refractivity contribution in [3.05, 3.63) is 35.6 Å². The fraction of sp³-hybridized carbons (Fsp3) is 0.758. The van der Waals surface area contributed by atoms with Crippen LogP contribution >= 0.6 is 0 Å². The fourth-order valence-corrected chi connectivity index (χ4v) is 10.9. The standard InChI is InChI=1S/C33H46N4O2/c1-28(2)10-12-33(18-37-20-35-19-36-37)13-11-32(7)26(22(33)16-28)23(38)14-25-30(5)15-21(17-34)27(39)29(3,4)24(30)8-9-31(25,32)6/h14,19-20,22,24,26,39H,8-13,15-16,18H2,1-7H3/t22-,24-,26-,30-,31+,32+,33+/m0/s1. The Morgan fingerprint density at radius 2 is 1.79 bits per heavy atom. The molecule has 3 fully saturated rings. The first-order chi connectivity index (χ1) is 18.1. The predicted molar refractivity (Wildman–Crippen MR) is 150 cm³/mol. The Balaban J connectivity index is 1.49. The number of nitriles is 1. The van der Waals surface area contributed by atoms with Gasteiger partial charge in [-0.15, -0.1) is 0 Å². The number of carbonyl (C=O) groups excluding carboxylic acids is 1. The molecule has 0 radical (unpaired) electrons. The Morgan fingerprint density at radius 3 is 2.46 bits per heavy atom. The van der Waals surface area contributed by atoms with Crippen LogP contribution in [0, 0.1) is 61.6 Å². The summed E-state index contributed by atoms with van der Waals surface area (Å²) in [7, 11) is 0. The first-order valence-corrected chi connectivity index (χ1v) is 15.1. The van der Waals surface area contributed by atoms with Gasteiger partial charge in [-0.2, -0.15) is 10.4 Å². The lowest BCUT2D eigenvalue weighted by atomic mass is 9.34. The molecule has 0 saturated heterocycles. The highest BCUT2D eigenvalue weighted by molar-refractivity contribution is 5.95. The zero-order valence-electron chi connectivity index (χ0n) is 25.0. The van der Waals surface area contributed by atoms with Gasteiger partial charge in [0.25, 0.3) is 0 Å². The number of nitrogens with zero attached hydrogens (tertiary/aromatic N) is 4. The van der Waals surface area contributed by atoms with E-state index in [1.165, 1.54) is 12.0 Å². The summed E-state index contributed by atoms with van der Waals surface area (Å²) < 4.78 is 2.00. The maximum atomic E-state index is 14.6. The highest BCUT2D eigenvalue weighted by Crippen LogP contribution is 2.75. The van der Waals surface area contributed by atoms with Gasteiger partial charge in [-0.05, 0) is 96.4 Å². The van der Waals surface area contributed by atoms with Crippen LogP contribution in [0.25, 0.3) is 0 Å². The normalized spacial score (nSPS) is 44.3. The second-order valence-corrected chi connectivity index (χ2v) is 16.0. The van der Waals surface area contributed by atoms with E-state index >= 15 is 0 Å². The number of rotatable bonds is 2. The Kier molecular flexibility index (Phi) is 5.55. The second kappa shape index (κ2) is 8.08. The smallest absolute Gasteiger partial charge is 0.159 e. The van der Waals surface area contributed by atoms with Gasteiger partial charge in [0.05, 0.1) is 11.6 Å². The molecule has 0 unspecified atom stereocenters. The van der Waals surface area contributed by atoms with Gasteiger partial charge in [-0.3, -0.25) is 9.48 Å². The van der Waals surface area contributed by atoms with Crippen LogP contribution in [0.3, 0.4) is 0 Å². The third kappa shape index (κ3) is 3.40. The lowest BCUT2D eigenvalue weighted by molar-refractivity contribution is -0.175. The third-order valence-corrected chi connectivity index (χ3v) is 13.2. The van der Waals surface area contributed by atoms with Crippen molar-refractivity contribution in [3.8, 4) is 6.07 Å². The lowest BCUT2D eigenvalue weighted by Crippen LogP contribution is -2.65. The summed E-state index contributed by atoms with van der Waals surface area (Å²) in [5.74, 6) is 1.03. The quantitative estimate of drug-likeness (QED) is 0.436. The second-order valence-electron chi connectivity index (χ2n) is 16.0. The highest BCUT2D eigenvalue weighted by Gasteiger charge is 2.69. The van der Waals surface area contributed by atoms with Crippen LogP contribution < -0.4 is 0 Å². The Morgan fingerprint density at radius 1 is 1.08 bits per heavy atom. The van der Waals surface area contributed by atoms with E-state index in [2.05, 4.69) is 70.7 Å². The summed E-state index contributed by atoms with van der Waals surface area (Å²) in [5, 5.41) is 25.6. The Bertz CT molecular complexity index is 1320. The first kappa shape index (κ1) is 26.8. The minimum absolute atomic E-state index is 0.0146. The van der Waals surface area contributed by atoms with Gasteiger partial charge in [0.15, 0.2) is 5.78 Å². The average molecular weight is 531 g/mol. The van der Waals surface area contributed by atoms with Crippen LogP contribution in [0.1, 0.15) is 99.8 Å². The molecular formula is C33H46N4O2. The summed E-state index contributed by atoms with van der Waals surface area (Å²) in [6, 6.07) is 2.33. The molecule has 1 N–H and O–H groups in total. The maximum Gasteiger partial charge on any atom is 0.159 e. The monoisotopic (exact) mass is 530 g/mol. The zero-order chi connectivity index (χ0) is 28.2. The highest BCUT2D eigenvalue weighted by atomic mass is 16.3. The maximum absolute atomic E-state index is 14.6. The molecule has 3 saturated carbocycles. The summed E-state index contributed by atoms with van der Waals surface area (Å²) in [6.45, 7) is 16.9. The molecule has 210 valence electrons. The number of aliphatic hydroxyl groups excluding tert-OH is 1. The Labute approximate surface area is 234 Å². The van der Waals surface area contributed by atoms with E-state index in [0.29, 0.717) is 23.7 Å². The molecule has 5 aliphatic carbocycles. The van der Waals surface area contributed by atoms with Crippen LogP contribution in [-0.2, 0) is 11.3 Å². The number of aromatic nitrogens is 3. The molecule has 1 aromatic heterocycles. The number of carbonyl (C=O) groups is 1. The number of allylic oxidation sites excluding steroid dienone is 4. The predicted octanol–water partition coefficient (Wildman–Crippen LogP) is 7.20. The molecule has 5 aliphatic rings. The van der Waals surface area contributed by atoms with Crippen LogP contribution in [0.5, 0.6) is 0 Å². The van der Waals surface area contributed by atoms with Crippen molar-refractivity contribution in [2.75, 3.05) is 0 Å². The molecule has 0 bridgehead atoms. The largest absolute Gasteiger partial charge is 0.511 e. The zero-order valence-corrected chi connectivity index (χ0v) is 25.0. The molecule has 6 nitrogen and oxygen atoms in total. The van der Waals surface area contributed by atoms with E-state index in [9.17, 15) is 15.2 Å². The minimum atomic E-state index is -0.492. The van der Waals surface area contributed by atoms with Crippen molar-refractivity contribution in [1.29, 1.82) is 5.26 Å². The van der Waals surface area contributed by atoms with Gasteiger partial charge in [-0.25, -0.2) is 4.98 Å². The molecule has 1 aromatic rings. The van der Waals surface area contributed by atoms with E-state index in [-0.39, 0.29) is 44.7 Å². The van der Waals surface area contributed by atoms with Crippen LogP contribution in [0.4, 0.5) is 0 Å². The van der Waals surface area contributed by atoms with E-state index in [1.807, 2.05) is 11.0 Å². The van der Waals surface area contributed by atoms with Crippen molar-refractivity contribution in [2.24, 2.45) is 50.2 Å². The molecule has 6 rings (SSSR count). The first-order valence-electron chi connectivity index (χ1n) is 15.1. The lowest BCUT2D eigenvalue weighted by Gasteiger charge is -2.69. The fourth-order valence-electron chi connectivity index (χ4n) is 10.9. The van der Waals surface area contributed by atoms with Crippen LogP contribution in [0.2, 0.25) is 0 Å². The van der Waals surface area contributed by atoms with E-state index in [1.54, 1.807) is 6.33 Å². The van der Waals surface area contributed by atoms with Gasteiger partial charge in [0.1, 0.15) is 18.4 Å². The minimum Gasteiger partial charge on any atom is -0.511 e. The molecule has 39 heavy (non-hydrogen) atoms. The molecule has 0 aliphatic heterocycles. The Hall–Kier alpha value is -2.42. The number of hydrogen-bond acceptors (Lipinski definition) is 5. The van der Waals surface area contributed by atoms with Gasteiger partial charge < -0.3 is 5.11 Å². The molecule has 0 spiro atoms. The van der Waals surface area contributed by atoms with Crippen molar-refractivity contribution >= 4 is 5.78 Å². The molecule has 1 heterocycles. The summed E-state index contributed by atoms with van der Waals surface area (Å²) in [6.07, 6.45) is 13.5. The van der Waals surface area contributed by atoms with Gasteiger partial charge >= 0.3 is 0 Å². The SMILES string of the molecule is CC1(C)CC[C@]2(Cn3cncn3)CC[C@]3(C)[C@H](C(=O)C=C4[C@@]5(C)CC(C#N)=C(O)C(C)(C)[C@@H]5CC[C@]43C)[C@@H]2C1. The van der Waals surface area contributed by atoms with E-state index < -0.39 is 5.41 Å². The molecule has 0 aromatic carbocycles. The van der Waals surface area contributed by atoms with Crippen molar-refractivity contribution in [3.63, 3.8) is 0 Å². The van der Waals surface area contributed by atoms with Crippen molar-refractivity contribution in [2.45, 2.75) is 106 Å². The van der Waals surface area contributed by atoms with Crippen molar-refractivity contribution < 1.29 is 9.90 Å². The summed E-state index contributed by atoms with van der Waals surface area (Å²) in [5.41, 5.74) is 0.929. The topological polar surface area (TPSA) is 91.8 Å². The van der Waals surface area contributed by atoms with Crippen LogP contribution in [-0.4, -0.2) is 25.7 Å². The number of ketones is 1. The van der Waals surface area contributed by atoms with E-state index in [4.69, 9.17) is 0 Å². The number of fused-ring (bicyclic) bond motifs is 7. The number of aliphatic hydroxyl groups is 1. The summed E-state index contributed by atoms with van der Waals surface area (Å²) >= 11 is 0. The van der Waals surface area contributed by atoms with Gasteiger partial charge in [-0.1, -0.05) is 54.0 Å². The number of hydrogen-bond donors (Lipinski definition) is 1. The van der Waals surface area contributed by atoms with Crippen LogP contribution in [0.15, 0.2) is 35.6 Å². The average Bonchev–Trinajstić information content (AvgIpc) is 3.36.